The molecular formula is C15H13FN2OS. The van der Waals surface area contributed by atoms with Crippen molar-refractivity contribution in [3.63, 3.8) is 0 Å². The molecule has 2 N–H and O–H groups in total. The molecule has 3 rings (SSSR count). The maximum absolute atomic E-state index is 13.1. The van der Waals surface area contributed by atoms with Crippen molar-refractivity contribution in [3.8, 4) is 21.8 Å². The van der Waals surface area contributed by atoms with Crippen LogP contribution in [0.5, 0.6) is 0 Å². The fourth-order valence-corrected chi connectivity index (χ4v) is 3.14. The van der Waals surface area contributed by atoms with Crippen molar-refractivity contribution in [1.29, 1.82) is 0 Å². The van der Waals surface area contributed by atoms with E-state index >= 15 is 0 Å². The number of anilines is 1. The molecule has 0 amide bonds. The van der Waals surface area contributed by atoms with Gasteiger partial charge in [-0.15, -0.1) is 11.3 Å². The molecule has 0 saturated carbocycles. The van der Waals surface area contributed by atoms with E-state index in [1.165, 1.54) is 17.7 Å². The van der Waals surface area contributed by atoms with E-state index in [0.29, 0.717) is 11.6 Å². The van der Waals surface area contributed by atoms with Gasteiger partial charge in [0.05, 0.1) is 10.4 Å². The Bertz CT molecular complexity index is 731. The molecular weight excluding hydrogens is 275 g/mol. The van der Waals surface area contributed by atoms with Gasteiger partial charge in [-0.2, -0.15) is 0 Å². The molecule has 3 aromatic rings. The van der Waals surface area contributed by atoms with E-state index in [1.807, 2.05) is 5.38 Å². The maximum atomic E-state index is 13.1. The number of aromatic nitrogens is 1. The SMILES string of the molecule is CCc1ccsc1-c1onc(N)c1-c1ccc(F)cc1. The number of halogens is 1. The normalized spacial score (nSPS) is 10.9. The van der Waals surface area contributed by atoms with E-state index in [-0.39, 0.29) is 5.82 Å². The van der Waals surface area contributed by atoms with Gasteiger partial charge in [0.2, 0.25) is 0 Å². The molecule has 0 aliphatic heterocycles. The molecule has 2 heterocycles. The van der Waals surface area contributed by atoms with Crippen molar-refractivity contribution in [1.82, 2.24) is 5.16 Å². The number of hydrogen-bond acceptors (Lipinski definition) is 4. The summed E-state index contributed by atoms with van der Waals surface area (Å²) in [6, 6.07) is 8.23. The number of nitrogens with two attached hydrogens (primary N) is 1. The summed E-state index contributed by atoms with van der Waals surface area (Å²) in [5, 5.41) is 5.88. The topological polar surface area (TPSA) is 52.0 Å². The highest BCUT2D eigenvalue weighted by atomic mass is 32.1. The molecule has 0 aliphatic rings. The van der Waals surface area contributed by atoms with Gasteiger partial charge in [0.1, 0.15) is 5.82 Å². The van der Waals surface area contributed by atoms with Gasteiger partial charge in [-0.25, -0.2) is 4.39 Å². The molecule has 1 aromatic carbocycles. The minimum atomic E-state index is -0.282. The predicted octanol–water partition coefficient (Wildman–Crippen LogP) is 4.35. The highest BCUT2D eigenvalue weighted by molar-refractivity contribution is 7.13. The second-order valence-corrected chi connectivity index (χ2v) is 5.32. The van der Waals surface area contributed by atoms with Crippen LogP contribution in [0.1, 0.15) is 12.5 Å². The van der Waals surface area contributed by atoms with Gasteiger partial charge in [-0.05, 0) is 41.1 Å². The third-order valence-corrected chi connectivity index (χ3v) is 4.14. The van der Waals surface area contributed by atoms with Gasteiger partial charge in [-0.3, -0.25) is 0 Å². The van der Waals surface area contributed by atoms with Gasteiger partial charge in [0, 0.05) is 0 Å². The van der Waals surface area contributed by atoms with Crippen molar-refractivity contribution in [2.75, 3.05) is 5.73 Å². The lowest BCUT2D eigenvalue weighted by Crippen LogP contribution is -1.89. The second-order valence-electron chi connectivity index (χ2n) is 4.41. The largest absolute Gasteiger partial charge is 0.380 e. The summed E-state index contributed by atoms with van der Waals surface area (Å²) in [5.41, 5.74) is 8.63. The molecule has 0 aliphatic carbocycles. The Morgan fingerprint density at radius 3 is 2.70 bits per heavy atom. The summed E-state index contributed by atoms with van der Waals surface area (Å²) in [4.78, 5) is 1.02. The predicted molar refractivity (Wildman–Crippen MR) is 79.0 cm³/mol. The van der Waals surface area contributed by atoms with Crippen LogP contribution >= 0.6 is 11.3 Å². The first-order valence-corrected chi connectivity index (χ1v) is 7.16. The van der Waals surface area contributed by atoms with Gasteiger partial charge in [-0.1, -0.05) is 24.2 Å². The average Bonchev–Trinajstić information content (AvgIpc) is 3.05. The first kappa shape index (κ1) is 12.9. The molecule has 102 valence electrons. The van der Waals surface area contributed by atoms with Crippen LogP contribution in [0.4, 0.5) is 10.2 Å². The number of hydrogen-bond donors (Lipinski definition) is 1. The average molecular weight is 288 g/mol. The Balaban J connectivity index is 2.17. The van der Waals surface area contributed by atoms with Gasteiger partial charge in [0.15, 0.2) is 11.6 Å². The summed E-state index contributed by atoms with van der Waals surface area (Å²) < 4.78 is 18.5. The quantitative estimate of drug-likeness (QED) is 0.779. The Labute approximate surface area is 119 Å². The Morgan fingerprint density at radius 2 is 2.00 bits per heavy atom. The molecule has 3 nitrogen and oxygen atoms in total. The van der Waals surface area contributed by atoms with Crippen molar-refractivity contribution < 1.29 is 8.91 Å². The number of rotatable bonds is 3. The number of nitrogen functional groups attached to an aromatic ring is 1. The van der Waals surface area contributed by atoms with E-state index < -0.39 is 0 Å². The molecule has 0 spiro atoms. The lowest BCUT2D eigenvalue weighted by molar-refractivity contribution is 0.436. The van der Waals surface area contributed by atoms with Crippen LogP contribution < -0.4 is 5.73 Å². The summed E-state index contributed by atoms with van der Waals surface area (Å²) in [5.74, 6) is 0.693. The van der Waals surface area contributed by atoms with Gasteiger partial charge < -0.3 is 10.3 Å². The zero-order valence-corrected chi connectivity index (χ0v) is 11.7. The molecule has 20 heavy (non-hydrogen) atoms. The van der Waals surface area contributed by atoms with Crippen molar-refractivity contribution in [2.24, 2.45) is 0 Å². The van der Waals surface area contributed by atoms with Crippen LogP contribution in [0.3, 0.4) is 0 Å². The van der Waals surface area contributed by atoms with Crippen LogP contribution in [0, 0.1) is 5.82 Å². The van der Waals surface area contributed by atoms with Crippen LogP contribution in [-0.2, 0) is 6.42 Å². The lowest BCUT2D eigenvalue weighted by atomic mass is 10.0. The van der Waals surface area contributed by atoms with Gasteiger partial charge in [0.25, 0.3) is 0 Å². The molecule has 0 bridgehead atoms. The fourth-order valence-electron chi connectivity index (χ4n) is 2.17. The van der Waals surface area contributed by atoms with Crippen LogP contribution in [-0.4, -0.2) is 5.16 Å². The molecule has 0 saturated heterocycles. The summed E-state index contributed by atoms with van der Waals surface area (Å²) in [6.07, 6.45) is 0.905. The first-order valence-electron chi connectivity index (χ1n) is 6.28. The standard InChI is InChI=1S/C15H13FN2OS/c1-2-9-7-8-20-14(9)13-12(15(17)18-19-13)10-3-5-11(16)6-4-10/h3-8H,2H2,1H3,(H2,17,18). The minimum Gasteiger partial charge on any atom is -0.380 e. The molecule has 0 fully saturated rings. The fraction of sp³-hybridized carbons (Fsp3) is 0.133. The molecule has 0 atom stereocenters. The Hall–Kier alpha value is -2.14. The third-order valence-electron chi connectivity index (χ3n) is 3.19. The van der Waals surface area contributed by atoms with E-state index in [0.717, 1.165) is 22.4 Å². The number of benzene rings is 1. The van der Waals surface area contributed by atoms with Gasteiger partial charge >= 0.3 is 0 Å². The molecule has 0 radical (unpaired) electrons. The zero-order valence-electron chi connectivity index (χ0n) is 10.9. The van der Waals surface area contributed by atoms with E-state index in [1.54, 1.807) is 23.5 Å². The number of nitrogens with zero attached hydrogens (tertiary/aromatic N) is 1. The van der Waals surface area contributed by atoms with E-state index in [9.17, 15) is 4.39 Å². The van der Waals surface area contributed by atoms with Crippen molar-refractivity contribution in [3.05, 3.63) is 47.1 Å². The van der Waals surface area contributed by atoms with Crippen molar-refractivity contribution >= 4 is 17.2 Å². The minimum absolute atomic E-state index is 0.282. The Kier molecular flexibility index (Phi) is 3.28. The molecule has 5 heteroatoms. The summed E-state index contributed by atoms with van der Waals surface area (Å²) in [6.45, 7) is 2.09. The second kappa shape index (κ2) is 5.09. The summed E-state index contributed by atoms with van der Waals surface area (Å²) in [7, 11) is 0. The van der Waals surface area contributed by atoms with Crippen LogP contribution in [0.25, 0.3) is 21.8 Å². The monoisotopic (exact) mass is 288 g/mol. The first-order chi connectivity index (χ1) is 9.70. The Morgan fingerprint density at radius 1 is 1.25 bits per heavy atom. The zero-order chi connectivity index (χ0) is 14.1. The molecule has 2 aromatic heterocycles. The van der Waals surface area contributed by atoms with Crippen LogP contribution in [0.2, 0.25) is 0 Å². The number of thiophene rings is 1. The number of aryl methyl sites for hydroxylation is 1. The van der Waals surface area contributed by atoms with Crippen LogP contribution in [0.15, 0.2) is 40.2 Å². The maximum Gasteiger partial charge on any atom is 0.187 e. The highest BCUT2D eigenvalue weighted by Crippen LogP contribution is 2.40. The van der Waals surface area contributed by atoms with Crippen molar-refractivity contribution in [2.45, 2.75) is 13.3 Å². The summed E-state index contributed by atoms with van der Waals surface area (Å²) >= 11 is 1.59. The third kappa shape index (κ3) is 2.10. The molecule has 0 unspecified atom stereocenters. The highest BCUT2D eigenvalue weighted by Gasteiger charge is 2.20. The smallest absolute Gasteiger partial charge is 0.187 e. The lowest BCUT2D eigenvalue weighted by Gasteiger charge is -2.03. The van der Waals surface area contributed by atoms with E-state index in [4.69, 9.17) is 10.3 Å². The van der Waals surface area contributed by atoms with E-state index in [2.05, 4.69) is 18.1 Å².